The van der Waals surface area contributed by atoms with Crippen LogP contribution in [0.4, 0.5) is 0 Å². The summed E-state index contributed by atoms with van der Waals surface area (Å²) in [6.07, 6.45) is 0.199. The van der Waals surface area contributed by atoms with Crippen molar-refractivity contribution in [2.75, 3.05) is 0 Å². The molecule has 150 valence electrons. The van der Waals surface area contributed by atoms with Crippen molar-refractivity contribution in [2.24, 2.45) is 0 Å². The van der Waals surface area contributed by atoms with E-state index in [1.807, 2.05) is 19.9 Å². The maximum atomic E-state index is 12.4. The number of carbonyl (C=O) groups excluding carboxylic acids is 1. The highest BCUT2D eigenvalue weighted by Gasteiger charge is 2.15. The van der Waals surface area contributed by atoms with Gasteiger partial charge in [-0.3, -0.25) is 0 Å². The Morgan fingerprint density at radius 2 is 1.63 bits per heavy atom. The van der Waals surface area contributed by atoms with Crippen molar-refractivity contribution in [2.45, 2.75) is 20.3 Å². The van der Waals surface area contributed by atoms with Crippen molar-refractivity contribution in [1.82, 2.24) is 0 Å². The molecule has 3 aromatic carbocycles. The van der Waals surface area contributed by atoms with Crippen LogP contribution >= 0.6 is 0 Å². The van der Waals surface area contributed by atoms with E-state index in [9.17, 15) is 14.7 Å². The number of carbonyl (C=O) groups is 1. The summed E-state index contributed by atoms with van der Waals surface area (Å²) in [5.74, 6) is -0.104. The molecule has 4 rings (SSSR count). The number of hydrogen-bond acceptors (Lipinski definition) is 5. The molecular weight excluding hydrogens is 380 g/mol. The highest BCUT2D eigenvalue weighted by atomic mass is 16.5. The molecule has 0 aliphatic carbocycles. The van der Waals surface area contributed by atoms with Crippen molar-refractivity contribution in [1.29, 1.82) is 0 Å². The van der Waals surface area contributed by atoms with Crippen LogP contribution in [0.3, 0.4) is 0 Å². The number of benzene rings is 3. The molecule has 0 fully saturated rings. The second-order valence-electron chi connectivity index (χ2n) is 7.30. The van der Waals surface area contributed by atoms with Gasteiger partial charge in [0, 0.05) is 6.42 Å². The van der Waals surface area contributed by atoms with Crippen LogP contribution in [-0.2, 0) is 6.42 Å². The number of aromatic hydroxyl groups is 1. The molecule has 0 spiro atoms. The van der Waals surface area contributed by atoms with E-state index < -0.39 is 11.6 Å². The first kappa shape index (κ1) is 19.5. The van der Waals surface area contributed by atoms with E-state index in [1.54, 1.807) is 60.7 Å². The molecule has 0 bridgehead atoms. The van der Waals surface area contributed by atoms with Crippen LogP contribution in [0.15, 0.2) is 75.9 Å². The Labute approximate surface area is 173 Å². The van der Waals surface area contributed by atoms with Crippen molar-refractivity contribution in [3.63, 3.8) is 0 Å². The lowest BCUT2D eigenvalue weighted by atomic mass is 10.0. The van der Waals surface area contributed by atoms with Gasteiger partial charge < -0.3 is 14.3 Å². The normalized spacial score (nSPS) is 10.9. The quantitative estimate of drug-likeness (QED) is 0.299. The van der Waals surface area contributed by atoms with E-state index in [4.69, 9.17) is 9.15 Å². The largest absolute Gasteiger partial charge is 0.507 e. The van der Waals surface area contributed by atoms with Crippen LogP contribution in [0.2, 0.25) is 0 Å². The van der Waals surface area contributed by atoms with Gasteiger partial charge in [-0.25, -0.2) is 9.59 Å². The zero-order valence-corrected chi connectivity index (χ0v) is 16.6. The Morgan fingerprint density at radius 1 is 0.967 bits per heavy atom. The molecule has 0 saturated carbocycles. The lowest BCUT2D eigenvalue weighted by Gasteiger charge is -2.08. The number of hydrogen-bond donors (Lipinski definition) is 1. The molecule has 1 N–H and O–H groups in total. The van der Waals surface area contributed by atoms with Gasteiger partial charge in [0.05, 0.1) is 16.5 Å². The third kappa shape index (κ3) is 3.96. The Bertz CT molecular complexity index is 1280. The summed E-state index contributed by atoms with van der Waals surface area (Å²) in [5, 5.41) is 11.0. The predicted octanol–water partition coefficient (Wildman–Crippen LogP) is 4.93. The third-order valence-electron chi connectivity index (χ3n) is 4.85. The average molecular weight is 400 g/mol. The van der Waals surface area contributed by atoms with E-state index in [0.29, 0.717) is 22.3 Å². The maximum Gasteiger partial charge on any atom is 0.343 e. The molecule has 0 amide bonds. The number of aryl methyl sites for hydroxylation is 2. The minimum absolute atomic E-state index is 0.0767. The predicted molar refractivity (Wildman–Crippen MR) is 114 cm³/mol. The zero-order chi connectivity index (χ0) is 21.3. The second-order valence-corrected chi connectivity index (χ2v) is 7.30. The van der Waals surface area contributed by atoms with E-state index in [0.717, 1.165) is 16.7 Å². The SMILES string of the molecule is Cc1cc(C)cc(C(=O)Oc2ccc(Cc3c(O)c4ccccc4oc3=O)cc2)c1. The molecule has 1 aromatic heterocycles. The topological polar surface area (TPSA) is 76.7 Å². The molecule has 0 aliphatic heterocycles. The fourth-order valence-corrected chi connectivity index (χ4v) is 3.47. The van der Waals surface area contributed by atoms with Crippen molar-refractivity contribution in [3.8, 4) is 11.5 Å². The number of fused-ring (bicyclic) bond motifs is 1. The molecule has 0 aliphatic rings. The molecule has 0 atom stereocenters. The van der Waals surface area contributed by atoms with Gasteiger partial charge >= 0.3 is 11.6 Å². The molecule has 30 heavy (non-hydrogen) atoms. The first-order valence-corrected chi connectivity index (χ1v) is 9.54. The van der Waals surface area contributed by atoms with Gasteiger partial charge in [-0.15, -0.1) is 0 Å². The summed E-state index contributed by atoms with van der Waals surface area (Å²) in [5.41, 5.74) is 3.22. The first-order valence-electron chi connectivity index (χ1n) is 9.54. The number of esters is 1. The Kier molecular flexibility index (Phi) is 5.11. The zero-order valence-electron chi connectivity index (χ0n) is 16.6. The lowest BCUT2D eigenvalue weighted by Crippen LogP contribution is -2.10. The highest BCUT2D eigenvalue weighted by molar-refractivity contribution is 5.91. The van der Waals surface area contributed by atoms with E-state index in [2.05, 4.69) is 0 Å². The van der Waals surface area contributed by atoms with E-state index in [-0.39, 0.29) is 17.7 Å². The molecule has 4 aromatic rings. The van der Waals surface area contributed by atoms with E-state index >= 15 is 0 Å². The highest BCUT2D eigenvalue weighted by Crippen LogP contribution is 2.28. The molecule has 0 saturated heterocycles. The van der Waals surface area contributed by atoms with Gasteiger partial charge in [-0.2, -0.15) is 0 Å². The van der Waals surface area contributed by atoms with Gasteiger partial charge in [0.15, 0.2) is 0 Å². The fourth-order valence-electron chi connectivity index (χ4n) is 3.47. The molecule has 0 radical (unpaired) electrons. The second kappa shape index (κ2) is 7.87. The summed E-state index contributed by atoms with van der Waals surface area (Å²) in [6, 6.07) is 19.2. The number of rotatable bonds is 4. The standard InChI is InChI=1S/C25H20O5/c1-15-11-16(2)13-18(12-15)24(27)29-19-9-7-17(8-10-19)14-21-23(26)20-5-3-4-6-22(20)30-25(21)28/h3-13,26H,14H2,1-2H3. The Morgan fingerprint density at radius 3 is 2.33 bits per heavy atom. The van der Waals surface area contributed by atoms with Crippen LogP contribution in [0.5, 0.6) is 11.5 Å². The summed E-state index contributed by atoms with van der Waals surface area (Å²) in [4.78, 5) is 24.7. The van der Waals surface area contributed by atoms with E-state index in [1.165, 1.54) is 0 Å². The van der Waals surface area contributed by atoms with Crippen LogP contribution in [-0.4, -0.2) is 11.1 Å². The van der Waals surface area contributed by atoms with Crippen molar-refractivity contribution >= 4 is 16.9 Å². The summed E-state index contributed by atoms with van der Waals surface area (Å²) < 4.78 is 10.8. The summed E-state index contributed by atoms with van der Waals surface area (Å²) in [7, 11) is 0. The first-order chi connectivity index (χ1) is 14.4. The third-order valence-corrected chi connectivity index (χ3v) is 4.85. The van der Waals surface area contributed by atoms with Crippen LogP contribution in [0, 0.1) is 13.8 Å². The molecular formula is C25H20O5. The van der Waals surface area contributed by atoms with Crippen molar-refractivity contribution < 1.29 is 19.1 Å². The fraction of sp³-hybridized carbons (Fsp3) is 0.120. The molecule has 5 nitrogen and oxygen atoms in total. The molecule has 0 unspecified atom stereocenters. The number of para-hydroxylation sites is 1. The lowest BCUT2D eigenvalue weighted by molar-refractivity contribution is 0.0734. The number of ether oxygens (including phenoxy) is 1. The van der Waals surface area contributed by atoms with Gasteiger partial charge in [0.25, 0.3) is 0 Å². The van der Waals surface area contributed by atoms with Crippen LogP contribution < -0.4 is 10.4 Å². The summed E-state index contributed by atoms with van der Waals surface area (Å²) >= 11 is 0. The average Bonchev–Trinajstić information content (AvgIpc) is 2.71. The van der Waals surface area contributed by atoms with Gasteiger partial charge in [0.1, 0.15) is 17.1 Å². The van der Waals surface area contributed by atoms with Crippen LogP contribution in [0.1, 0.15) is 32.6 Å². The monoisotopic (exact) mass is 400 g/mol. The van der Waals surface area contributed by atoms with Gasteiger partial charge in [-0.1, -0.05) is 41.5 Å². The minimum atomic E-state index is -0.573. The van der Waals surface area contributed by atoms with Crippen LogP contribution in [0.25, 0.3) is 11.0 Å². The van der Waals surface area contributed by atoms with Gasteiger partial charge in [0.2, 0.25) is 0 Å². The Balaban J connectivity index is 1.54. The molecule has 5 heteroatoms. The smallest absolute Gasteiger partial charge is 0.343 e. The van der Waals surface area contributed by atoms with Crippen molar-refractivity contribution in [3.05, 3.63) is 105 Å². The minimum Gasteiger partial charge on any atom is -0.507 e. The molecule has 1 heterocycles. The van der Waals surface area contributed by atoms with Gasteiger partial charge in [-0.05, 0) is 55.8 Å². The summed E-state index contributed by atoms with van der Waals surface area (Å²) in [6.45, 7) is 3.86. The Hall–Kier alpha value is -3.86. The maximum absolute atomic E-state index is 12.4.